The fourth-order valence-electron chi connectivity index (χ4n) is 6.83. The van der Waals surface area contributed by atoms with E-state index in [9.17, 15) is 9.90 Å². The van der Waals surface area contributed by atoms with Crippen LogP contribution in [0.4, 0.5) is 0 Å². The lowest BCUT2D eigenvalue weighted by Crippen LogP contribution is -2.43. The zero-order chi connectivity index (χ0) is 35.3. The van der Waals surface area contributed by atoms with E-state index in [1.807, 2.05) is 24.3 Å². The van der Waals surface area contributed by atoms with Gasteiger partial charge in [0.15, 0.2) is 0 Å². The van der Waals surface area contributed by atoms with Gasteiger partial charge in [-0.15, -0.1) is 11.8 Å². The van der Waals surface area contributed by atoms with Gasteiger partial charge in [-0.05, 0) is 84.8 Å². The van der Waals surface area contributed by atoms with Gasteiger partial charge in [0.25, 0.3) is 0 Å². The van der Waals surface area contributed by atoms with E-state index in [-0.39, 0.29) is 46.9 Å². The first kappa shape index (κ1) is 39.9. The van der Waals surface area contributed by atoms with E-state index in [0.29, 0.717) is 32.3 Å². The van der Waals surface area contributed by atoms with Crippen molar-refractivity contribution in [3.8, 4) is 0 Å². The SMILES string of the molecule is CC(CC(c1ccccc1)C(C)SC(=S)c1ccccc1)C(C)C(C)(CC(C)C(C)(C)c1ccccc1)C(=O)OCCCCC(O)CO. The highest BCUT2D eigenvalue weighted by Crippen LogP contribution is 2.47. The zero-order valence-corrected chi connectivity index (χ0v) is 31.7. The van der Waals surface area contributed by atoms with Gasteiger partial charge in [-0.1, -0.05) is 145 Å². The van der Waals surface area contributed by atoms with Crippen LogP contribution in [0.2, 0.25) is 0 Å². The summed E-state index contributed by atoms with van der Waals surface area (Å²) in [5.41, 5.74) is 2.78. The van der Waals surface area contributed by atoms with Crippen molar-refractivity contribution in [2.24, 2.45) is 23.2 Å². The van der Waals surface area contributed by atoms with Crippen LogP contribution in [0, 0.1) is 23.2 Å². The van der Waals surface area contributed by atoms with Crippen LogP contribution in [0.25, 0.3) is 0 Å². The topological polar surface area (TPSA) is 66.8 Å². The highest BCUT2D eigenvalue weighted by atomic mass is 32.2. The summed E-state index contributed by atoms with van der Waals surface area (Å²) in [5, 5.41) is 19.1. The van der Waals surface area contributed by atoms with Crippen molar-refractivity contribution in [1.29, 1.82) is 0 Å². The molecular weight excluding hydrogens is 633 g/mol. The molecule has 7 unspecified atom stereocenters. The summed E-state index contributed by atoms with van der Waals surface area (Å²) >= 11 is 7.66. The molecule has 3 aromatic carbocycles. The van der Waals surface area contributed by atoms with E-state index in [1.54, 1.807) is 11.8 Å². The molecule has 0 saturated heterocycles. The Morgan fingerprint density at radius 1 is 0.854 bits per heavy atom. The van der Waals surface area contributed by atoms with Crippen molar-refractivity contribution in [2.45, 2.75) is 103 Å². The average Bonchev–Trinajstić information content (AvgIpc) is 3.10. The first-order valence-corrected chi connectivity index (χ1v) is 18.9. The van der Waals surface area contributed by atoms with Crippen molar-refractivity contribution >= 4 is 34.1 Å². The first-order chi connectivity index (χ1) is 22.8. The molecule has 0 heterocycles. The molecule has 3 aromatic rings. The molecular formula is C42H58O4S2. The highest BCUT2D eigenvalue weighted by molar-refractivity contribution is 8.24. The van der Waals surface area contributed by atoms with Crippen LogP contribution >= 0.6 is 24.0 Å². The van der Waals surface area contributed by atoms with Crippen LogP contribution in [-0.4, -0.2) is 44.9 Å². The van der Waals surface area contributed by atoms with Crippen molar-refractivity contribution in [3.63, 3.8) is 0 Å². The Morgan fingerprint density at radius 3 is 2.00 bits per heavy atom. The van der Waals surface area contributed by atoms with Crippen LogP contribution in [0.5, 0.6) is 0 Å². The molecule has 0 saturated carbocycles. The van der Waals surface area contributed by atoms with Crippen molar-refractivity contribution in [3.05, 3.63) is 108 Å². The third kappa shape index (κ3) is 11.0. The number of hydrogen-bond donors (Lipinski definition) is 2. The van der Waals surface area contributed by atoms with Gasteiger partial charge in [0.05, 0.1) is 28.9 Å². The van der Waals surface area contributed by atoms with Gasteiger partial charge in [-0.2, -0.15) is 0 Å². The van der Waals surface area contributed by atoms with Gasteiger partial charge in [0.1, 0.15) is 0 Å². The minimum Gasteiger partial charge on any atom is -0.465 e. The van der Waals surface area contributed by atoms with Gasteiger partial charge in [-0.25, -0.2) is 0 Å². The molecule has 0 aliphatic carbocycles. The lowest BCUT2D eigenvalue weighted by atomic mass is 9.61. The molecule has 0 aliphatic rings. The summed E-state index contributed by atoms with van der Waals surface area (Å²) in [6.07, 6.45) is 2.71. The molecule has 0 fully saturated rings. The van der Waals surface area contributed by atoms with Crippen LogP contribution in [0.3, 0.4) is 0 Å². The first-order valence-electron chi connectivity index (χ1n) is 17.6. The van der Waals surface area contributed by atoms with E-state index in [4.69, 9.17) is 22.1 Å². The molecule has 0 aromatic heterocycles. The van der Waals surface area contributed by atoms with Gasteiger partial charge in [0.2, 0.25) is 0 Å². The summed E-state index contributed by atoms with van der Waals surface area (Å²) in [5.74, 6) is 0.554. The number of ether oxygens (including phenoxy) is 1. The summed E-state index contributed by atoms with van der Waals surface area (Å²) < 4.78 is 6.95. The predicted octanol–water partition coefficient (Wildman–Crippen LogP) is 10.0. The summed E-state index contributed by atoms with van der Waals surface area (Å²) in [4.78, 5) is 14.2. The smallest absolute Gasteiger partial charge is 0.312 e. The normalized spacial score (nSPS) is 16.9. The molecule has 7 atom stereocenters. The number of aliphatic hydroxyl groups excluding tert-OH is 2. The van der Waals surface area contributed by atoms with E-state index < -0.39 is 11.5 Å². The van der Waals surface area contributed by atoms with Crippen LogP contribution in [-0.2, 0) is 14.9 Å². The van der Waals surface area contributed by atoms with E-state index in [0.717, 1.165) is 16.2 Å². The van der Waals surface area contributed by atoms with Gasteiger partial charge >= 0.3 is 5.97 Å². The van der Waals surface area contributed by atoms with E-state index in [1.165, 1.54) is 11.1 Å². The van der Waals surface area contributed by atoms with Gasteiger partial charge in [-0.3, -0.25) is 4.79 Å². The molecule has 3 rings (SSSR count). The van der Waals surface area contributed by atoms with Crippen LogP contribution in [0.15, 0.2) is 91.0 Å². The Bertz CT molecular complexity index is 1380. The number of esters is 1. The van der Waals surface area contributed by atoms with Crippen LogP contribution in [0.1, 0.15) is 103 Å². The molecule has 0 spiro atoms. The largest absolute Gasteiger partial charge is 0.465 e. The Kier molecular flexibility index (Phi) is 15.8. The number of unbranched alkanes of at least 4 members (excludes halogenated alkanes) is 1. The molecule has 0 radical (unpaired) electrons. The maximum atomic E-state index is 14.2. The minimum absolute atomic E-state index is 0.0414. The number of carbonyl (C=O) groups excluding carboxylic acids is 1. The summed E-state index contributed by atoms with van der Waals surface area (Å²) in [6.45, 7) is 15.8. The molecule has 2 N–H and O–H groups in total. The predicted molar refractivity (Wildman–Crippen MR) is 207 cm³/mol. The van der Waals surface area contributed by atoms with E-state index >= 15 is 0 Å². The molecule has 48 heavy (non-hydrogen) atoms. The summed E-state index contributed by atoms with van der Waals surface area (Å²) in [6, 6.07) is 31.5. The Labute approximate surface area is 300 Å². The van der Waals surface area contributed by atoms with Gasteiger partial charge in [0, 0.05) is 5.25 Å². The number of hydrogen-bond acceptors (Lipinski definition) is 6. The molecule has 262 valence electrons. The average molecular weight is 691 g/mol. The monoisotopic (exact) mass is 690 g/mol. The maximum absolute atomic E-state index is 14.2. The fraction of sp³-hybridized carbons (Fsp3) is 0.524. The Balaban J connectivity index is 1.86. The van der Waals surface area contributed by atoms with Crippen molar-refractivity contribution in [2.75, 3.05) is 13.2 Å². The second kappa shape index (κ2) is 19.0. The number of benzene rings is 3. The highest BCUT2D eigenvalue weighted by Gasteiger charge is 2.46. The second-order valence-corrected chi connectivity index (χ2v) is 16.6. The standard InChI is InChI=1S/C42H58O4S2/c1-30(27-38(34-19-11-8-12-20-34)33(4)48-39(47)35-21-13-9-14-22-35)32(3)42(7,40(45)46-26-18-17-25-37(44)29-43)28-31(2)41(5,6)36-23-15-10-16-24-36/h8-16,19-24,30-33,37-38,43-44H,17-18,25-29H2,1-7H3. The van der Waals surface area contributed by atoms with Crippen molar-refractivity contribution < 1.29 is 19.7 Å². The van der Waals surface area contributed by atoms with E-state index in [2.05, 4.69) is 115 Å². The molecule has 4 nitrogen and oxygen atoms in total. The van der Waals surface area contributed by atoms with Gasteiger partial charge < -0.3 is 14.9 Å². The molecule has 6 heteroatoms. The third-order valence-corrected chi connectivity index (χ3v) is 12.6. The number of thiocarbonyl (C=S) groups is 1. The second-order valence-electron chi connectivity index (χ2n) is 14.6. The quantitative estimate of drug-likeness (QED) is 0.0742. The third-order valence-electron chi connectivity index (χ3n) is 10.9. The number of carbonyl (C=O) groups is 1. The van der Waals surface area contributed by atoms with Crippen LogP contribution < -0.4 is 0 Å². The molecule has 0 bridgehead atoms. The lowest BCUT2D eigenvalue weighted by Gasteiger charge is -2.43. The molecule has 0 amide bonds. The number of aliphatic hydroxyl groups is 2. The number of thioether (sulfide) groups is 1. The van der Waals surface area contributed by atoms with Crippen molar-refractivity contribution in [1.82, 2.24) is 0 Å². The summed E-state index contributed by atoms with van der Waals surface area (Å²) in [7, 11) is 0. The fourth-order valence-corrected chi connectivity index (χ4v) is 8.46. The zero-order valence-electron chi connectivity index (χ0n) is 30.1. The minimum atomic E-state index is -0.729. The Hall–Kier alpha value is -2.51. The molecule has 0 aliphatic heterocycles. The number of rotatable bonds is 19. The maximum Gasteiger partial charge on any atom is 0.312 e. The Morgan fingerprint density at radius 2 is 1.42 bits per heavy atom. The lowest BCUT2D eigenvalue weighted by molar-refractivity contribution is -0.161.